The number of carbonyl (C=O) groups is 1. The molecule has 1 heterocycles. The average Bonchev–Trinajstić information content (AvgIpc) is 2.69. The zero-order chi connectivity index (χ0) is 14.8. The Balaban J connectivity index is 1.88. The Labute approximate surface area is 116 Å². The molecule has 1 aliphatic rings. The smallest absolute Gasteiger partial charge is 0.229 e. The predicted molar refractivity (Wildman–Crippen MR) is 70.0 cm³/mol. The van der Waals surface area contributed by atoms with Crippen LogP contribution in [0.4, 0.5) is 8.78 Å². The first-order valence-corrected chi connectivity index (χ1v) is 6.48. The lowest BCUT2D eigenvalue weighted by Gasteiger charge is -2.25. The summed E-state index contributed by atoms with van der Waals surface area (Å²) in [5, 5.41) is 2.74. The van der Waals surface area contributed by atoms with Crippen molar-refractivity contribution in [1.29, 1.82) is 0 Å². The number of nitrogens with two attached hydrogens (primary N) is 1. The quantitative estimate of drug-likeness (QED) is 0.866. The maximum Gasteiger partial charge on any atom is 0.229 e. The lowest BCUT2D eigenvalue weighted by Crippen LogP contribution is -2.50. The van der Waals surface area contributed by atoms with E-state index in [9.17, 15) is 13.6 Å². The van der Waals surface area contributed by atoms with Crippen LogP contribution in [0.5, 0.6) is 0 Å². The summed E-state index contributed by atoms with van der Waals surface area (Å²) >= 11 is 0. The maximum absolute atomic E-state index is 13.0. The number of halogens is 2. The normalized spacial score (nSPS) is 25.7. The number of hydrogen-bond acceptors (Lipinski definition) is 3. The second-order valence-corrected chi connectivity index (χ2v) is 5.32. The maximum atomic E-state index is 13.0. The van der Waals surface area contributed by atoms with Gasteiger partial charge in [0.25, 0.3) is 0 Å². The van der Waals surface area contributed by atoms with E-state index in [2.05, 4.69) is 5.32 Å². The van der Waals surface area contributed by atoms with Crippen molar-refractivity contribution in [1.82, 2.24) is 5.32 Å². The van der Waals surface area contributed by atoms with Gasteiger partial charge in [-0.3, -0.25) is 4.79 Å². The fourth-order valence-corrected chi connectivity index (χ4v) is 2.20. The number of rotatable bonds is 4. The van der Waals surface area contributed by atoms with Gasteiger partial charge in [0.1, 0.15) is 11.6 Å². The number of benzene rings is 1. The third-order valence-electron chi connectivity index (χ3n) is 3.66. The van der Waals surface area contributed by atoms with Crippen LogP contribution >= 0.6 is 0 Å². The minimum atomic E-state index is -0.743. The Hall–Kier alpha value is -1.53. The SMILES string of the molecule is CC1(C(=O)NCCc2cc(F)cc(F)c2)COCC1N. The van der Waals surface area contributed by atoms with Gasteiger partial charge in [0.05, 0.1) is 18.6 Å². The van der Waals surface area contributed by atoms with Crippen LogP contribution < -0.4 is 11.1 Å². The Bertz CT molecular complexity index is 490. The van der Waals surface area contributed by atoms with Gasteiger partial charge in [-0.25, -0.2) is 8.78 Å². The van der Waals surface area contributed by atoms with Crippen LogP contribution in [0.2, 0.25) is 0 Å². The zero-order valence-electron chi connectivity index (χ0n) is 11.3. The molecule has 0 bridgehead atoms. The fourth-order valence-electron chi connectivity index (χ4n) is 2.20. The minimum absolute atomic E-state index is 0.195. The Kier molecular flexibility index (Phi) is 4.35. The average molecular weight is 284 g/mol. The zero-order valence-corrected chi connectivity index (χ0v) is 11.3. The molecule has 1 amide bonds. The molecule has 6 heteroatoms. The van der Waals surface area contributed by atoms with Crippen molar-refractivity contribution in [3.8, 4) is 0 Å². The summed E-state index contributed by atoms with van der Waals surface area (Å²) in [6, 6.07) is 2.98. The Morgan fingerprint density at radius 2 is 2.10 bits per heavy atom. The van der Waals surface area contributed by atoms with Crippen LogP contribution in [0.1, 0.15) is 12.5 Å². The van der Waals surface area contributed by atoms with Gasteiger partial charge in [0.15, 0.2) is 0 Å². The van der Waals surface area contributed by atoms with E-state index < -0.39 is 17.0 Å². The van der Waals surface area contributed by atoms with Crippen LogP contribution in [-0.4, -0.2) is 31.7 Å². The van der Waals surface area contributed by atoms with E-state index in [0.717, 1.165) is 6.07 Å². The van der Waals surface area contributed by atoms with Crippen molar-refractivity contribution in [2.24, 2.45) is 11.1 Å². The molecule has 2 rings (SSSR count). The Morgan fingerprint density at radius 3 is 2.65 bits per heavy atom. The molecule has 2 unspecified atom stereocenters. The molecular weight excluding hydrogens is 266 g/mol. The molecule has 0 aromatic heterocycles. The monoisotopic (exact) mass is 284 g/mol. The molecule has 110 valence electrons. The lowest BCUT2D eigenvalue weighted by molar-refractivity contribution is -0.130. The first-order chi connectivity index (χ1) is 9.41. The predicted octanol–water partition coefficient (Wildman–Crippen LogP) is 0.987. The molecule has 0 spiro atoms. The van der Waals surface area contributed by atoms with Gasteiger partial charge in [0, 0.05) is 18.7 Å². The second kappa shape index (κ2) is 5.85. The van der Waals surface area contributed by atoms with Gasteiger partial charge >= 0.3 is 0 Å². The van der Waals surface area contributed by atoms with Crippen molar-refractivity contribution >= 4 is 5.91 Å². The molecule has 2 atom stereocenters. The van der Waals surface area contributed by atoms with Gasteiger partial charge in [-0.05, 0) is 31.0 Å². The highest BCUT2D eigenvalue weighted by Crippen LogP contribution is 2.27. The summed E-state index contributed by atoms with van der Waals surface area (Å²) in [4.78, 5) is 12.1. The summed E-state index contributed by atoms with van der Waals surface area (Å²) in [5.41, 5.74) is 5.61. The van der Waals surface area contributed by atoms with Crippen LogP contribution in [0.3, 0.4) is 0 Å². The fraction of sp³-hybridized carbons (Fsp3) is 0.500. The summed E-state index contributed by atoms with van der Waals surface area (Å²) in [7, 11) is 0. The van der Waals surface area contributed by atoms with Crippen molar-refractivity contribution in [2.75, 3.05) is 19.8 Å². The molecule has 1 saturated heterocycles. The highest BCUT2D eigenvalue weighted by molar-refractivity contribution is 5.83. The summed E-state index contributed by atoms with van der Waals surface area (Å²) in [6.07, 6.45) is 0.354. The Morgan fingerprint density at radius 1 is 1.45 bits per heavy atom. The van der Waals surface area contributed by atoms with Crippen molar-refractivity contribution in [2.45, 2.75) is 19.4 Å². The number of ether oxygens (including phenoxy) is 1. The van der Waals surface area contributed by atoms with Crippen LogP contribution in [0, 0.1) is 17.0 Å². The van der Waals surface area contributed by atoms with Crippen LogP contribution in [-0.2, 0) is 16.0 Å². The molecule has 20 heavy (non-hydrogen) atoms. The first-order valence-electron chi connectivity index (χ1n) is 6.48. The standard InChI is InChI=1S/C14H18F2N2O2/c1-14(8-20-7-12(14)17)13(19)18-3-2-9-4-10(15)6-11(16)5-9/h4-6,12H,2-3,7-8,17H2,1H3,(H,18,19). The van der Waals surface area contributed by atoms with Gasteiger partial charge in [-0.1, -0.05) is 0 Å². The van der Waals surface area contributed by atoms with Crippen LogP contribution in [0.15, 0.2) is 18.2 Å². The summed E-state index contributed by atoms with van der Waals surface area (Å²) in [5.74, 6) is -1.44. The topological polar surface area (TPSA) is 64.3 Å². The highest BCUT2D eigenvalue weighted by atomic mass is 19.1. The molecule has 0 radical (unpaired) electrons. The first kappa shape index (κ1) is 14.9. The van der Waals surface area contributed by atoms with Crippen molar-refractivity contribution < 1.29 is 18.3 Å². The number of hydrogen-bond donors (Lipinski definition) is 2. The van der Waals surface area contributed by atoms with Crippen LogP contribution in [0.25, 0.3) is 0 Å². The lowest BCUT2D eigenvalue weighted by atomic mass is 9.85. The summed E-state index contributed by atoms with van der Waals surface area (Å²) < 4.78 is 31.2. The van der Waals surface area contributed by atoms with E-state index in [0.29, 0.717) is 25.1 Å². The molecule has 4 nitrogen and oxygen atoms in total. The molecule has 0 saturated carbocycles. The molecule has 1 fully saturated rings. The van der Waals surface area contributed by atoms with Gasteiger partial charge in [-0.2, -0.15) is 0 Å². The largest absolute Gasteiger partial charge is 0.379 e. The minimum Gasteiger partial charge on any atom is -0.379 e. The van der Waals surface area contributed by atoms with Crippen molar-refractivity contribution in [3.63, 3.8) is 0 Å². The highest BCUT2D eigenvalue weighted by Gasteiger charge is 2.44. The van der Waals surface area contributed by atoms with Gasteiger partial charge in [0.2, 0.25) is 5.91 Å². The molecule has 1 aliphatic heterocycles. The second-order valence-electron chi connectivity index (χ2n) is 5.32. The van der Waals surface area contributed by atoms with E-state index in [-0.39, 0.29) is 18.6 Å². The number of amides is 1. The number of nitrogens with one attached hydrogen (secondary N) is 1. The number of carbonyl (C=O) groups excluding carboxylic acids is 1. The van der Waals surface area contributed by atoms with E-state index in [4.69, 9.17) is 10.5 Å². The summed E-state index contributed by atoms with van der Waals surface area (Å²) in [6.45, 7) is 2.69. The molecule has 0 aliphatic carbocycles. The molecular formula is C14H18F2N2O2. The van der Waals surface area contributed by atoms with E-state index in [1.807, 2.05) is 0 Å². The van der Waals surface area contributed by atoms with E-state index in [1.54, 1.807) is 6.92 Å². The third kappa shape index (κ3) is 3.13. The third-order valence-corrected chi connectivity index (χ3v) is 3.66. The van der Waals surface area contributed by atoms with E-state index in [1.165, 1.54) is 12.1 Å². The molecule has 1 aromatic rings. The van der Waals surface area contributed by atoms with E-state index >= 15 is 0 Å². The molecule has 1 aromatic carbocycles. The van der Waals surface area contributed by atoms with Gasteiger partial charge < -0.3 is 15.8 Å². The molecule has 3 N–H and O–H groups in total. The van der Waals surface area contributed by atoms with Crippen molar-refractivity contribution in [3.05, 3.63) is 35.4 Å². The van der Waals surface area contributed by atoms with Gasteiger partial charge in [-0.15, -0.1) is 0 Å².